The van der Waals surface area contributed by atoms with Gasteiger partial charge >= 0.3 is 6.18 Å². The number of thioether (sulfide) groups is 1. The monoisotopic (exact) mass is 541 g/mol. The van der Waals surface area contributed by atoms with E-state index in [2.05, 4.69) is 16.0 Å². The first-order chi connectivity index (χ1) is 17.6. The lowest BCUT2D eigenvalue weighted by atomic mass is 9.99. The minimum atomic E-state index is -4.55. The number of benzene rings is 2. The molecule has 6 nitrogen and oxygen atoms in total. The van der Waals surface area contributed by atoms with Crippen LogP contribution >= 0.6 is 11.8 Å². The molecular formula is C27H38F3N3O3S. The van der Waals surface area contributed by atoms with E-state index in [4.69, 9.17) is 9.47 Å². The molecule has 0 saturated heterocycles. The third kappa shape index (κ3) is 10.0. The Morgan fingerprint density at radius 3 is 2.32 bits per heavy atom. The van der Waals surface area contributed by atoms with E-state index in [9.17, 15) is 18.0 Å². The van der Waals surface area contributed by atoms with Gasteiger partial charge in [0.25, 0.3) is 0 Å². The van der Waals surface area contributed by atoms with Crippen LogP contribution in [0.2, 0.25) is 0 Å². The lowest BCUT2D eigenvalue weighted by Gasteiger charge is -2.30. The van der Waals surface area contributed by atoms with Gasteiger partial charge in [-0.1, -0.05) is 44.2 Å². The van der Waals surface area contributed by atoms with E-state index in [0.717, 1.165) is 11.4 Å². The van der Waals surface area contributed by atoms with Crippen molar-refractivity contribution in [2.24, 2.45) is 5.92 Å². The third-order valence-corrected chi connectivity index (χ3v) is 6.46. The van der Waals surface area contributed by atoms with E-state index in [1.165, 1.54) is 12.1 Å². The Kier molecular flexibility index (Phi) is 12.4. The molecule has 0 saturated carbocycles. The Labute approximate surface area is 222 Å². The average Bonchev–Trinajstić information content (AvgIpc) is 2.87. The summed E-state index contributed by atoms with van der Waals surface area (Å²) in [6, 6.07) is 9.73. The van der Waals surface area contributed by atoms with Crippen LogP contribution < -0.4 is 25.4 Å². The summed E-state index contributed by atoms with van der Waals surface area (Å²) in [4.78, 5) is 13.3. The minimum Gasteiger partial charge on any atom is -0.497 e. The first-order valence-electron chi connectivity index (χ1n) is 12.2. The zero-order valence-electron chi connectivity index (χ0n) is 22.0. The van der Waals surface area contributed by atoms with Crippen LogP contribution in [0.25, 0.3) is 0 Å². The standard InChI is InChI=1S/C27H38F3N3O3S/c1-18(2)15-23(33-25(27(28,29)30)19-9-7-6-8-10-19)26(34)32-20(13-14-37-5)17-31-22-12-11-21(35-3)16-24(22)36-4/h6-12,16,18,20,23,25,31,33H,13-15,17H2,1-5H3,(H,32,34)/t20-,23?,25-/m0/s1. The van der Waals surface area contributed by atoms with Gasteiger partial charge < -0.3 is 20.1 Å². The van der Waals surface area contributed by atoms with Crippen LogP contribution in [0.1, 0.15) is 38.3 Å². The smallest absolute Gasteiger partial charge is 0.407 e. The molecule has 0 bridgehead atoms. The summed E-state index contributed by atoms with van der Waals surface area (Å²) in [7, 11) is 3.12. The van der Waals surface area contributed by atoms with Crippen molar-refractivity contribution in [2.75, 3.05) is 38.1 Å². The Hall–Kier alpha value is -2.59. The molecule has 2 aromatic rings. The predicted molar refractivity (Wildman–Crippen MR) is 145 cm³/mol. The zero-order valence-corrected chi connectivity index (χ0v) is 22.8. The Balaban J connectivity index is 2.19. The second-order valence-corrected chi connectivity index (χ2v) is 10.2. The third-order valence-electron chi connectivity index (χ3n) is 5.82. The number of anilines is 1. The van der Waals surface area contributed by atoms with E-state index in [-0.39, 0.29) is 23.9 Å². The maximum absolute atomic E-state index is 14.0. The van der Waals surface area contributed by atoms with E-state index >= 15 is 0 Å². The Morgan fingerprint density at radius 1 is 1.05 bits per heavy atom. The predicted octanol–water partition coefficient (Wildman–Crippen LogP) is 5.66. The molecule has 10 heteroatoms. The van der Waals surface area contributed by atoms with Crippen LogP contribution in [0.15, 0.2) is 48.5 Å². The van der Waals surface area contributed by atoms with Gasteiger partial charge in [-0.3, -0.25) is 10.1 Å². The van der Waals surface area contributed by atoms with Gasteiger partial charge in [0.1, 0.15) is 17.5 Å². The number of carbonyl (C=O) groups excluding carboxylic acids is 1. The fourth-order valence-electron chi connectivity index (χ4n) is 3.91. The van der Waals surface area contributed by atoms with Gasteiger partial charge in [-0.2, -0.15) is 24.9 Å². The molecule has 3 atom stereocenters. The van der Waals surface area contributed by atoms with E-state index in [0.29, 0.717) is 24.5 Å². The number of halogens is 3. The number of carbonyl (C=O) groups is 1. The van der Waals surface area contributed by atoms with Gasteiger partial charge in [-0.25, -0.2) is 0 Å². The molecule has 1 amide bonds. The highest BCUT2D eigenvalue weighted by atomic mass is 32.2. The summed E-state index contributed by atoms with van der Waals surface area (Å²) < 4.78 is 52.7. The van der Waals surface area contributed by atoms with Crippen molar-refractivity contribution in [3.05, 3.63) is 54.1 Å². The maximum Gasteiger partial charge on any atom is 0.407 e. The number of nitrogens with one attached hydrogen (secondary N) is 3. The Morgan fingerprint density at radius 2 is 1.76 bits per heavy atom. The van der Waals surface area contributed by atoms with Crippen molar-refractivity contribution in [1.29, 1.82) is 0 Å². The highest BCUT2D eigenvalue weighted by Gasteiger charge is 2.43. The summed E-state index contributed by atoms with van der Waals surface area (Å²) in [5, 5.41) is 8.89. The molecule has 0 aliphatic carbocycles. The first-order valence-corrected chi connectivity index (χ1v) is 13.6. The average molecular weight is 542 g/mol. The van der Waals surface area contributed by atoms with Crippen molar-refractivity contribution in [1.82, 2.24) is 10.6 Å². The van der Waals surface area contributed by atoms with E-state index in [1.54, 1.807) is 56.3 Å². The van der Waals surface area contributed by atoms with Crippen molar-refractivity contribution in [3.8, 4) is 11.5 Å². The normalized spacial score (nSPS) is 14.1. The summed E-state index contributed by atoms with van der Waals surface area (Å²) in [6.45, 7) is 4.15. The van der Waals surface area contributed by atoms with Crippen LogP contribution in [0.5, 0.6) is 11.5 Å². The van der Waals surface area contributed by atoms with Gasteiger partial charge in [-0.15, -0.1) is 0 Å². The van der Waals surface area contributed by atoms with Crippen LogP contribution in [-0.4, -0.2) is 56.9 Å². The Bertz CT molecular complexity index is 961. The number of hydrogen-bond donors (Lipinski definition) is 3. The zero-order chi connectivity index (χ0) is 27.4. The second-order valence-electron chi connectivity index (χ2n) is 9.17. The number of rotatable bonds is 15. The van der Waals surface area contributed by atoms with Crippen molar-refractivity contribution >= 4 is 23.4 Å². The first kappa shape index (κ1) is 30.6. The number of hydrogen-bond acceptors (Lipinski definition) is 6. The number of alkyl halides is 3. The molecule has 0 heterocycles. The molecule has 2 aromatic carbocycles. The van der Waals surface area contributed by atoms with Gasteiger partial charge in [0.15, 0.2) is 0 Å². The molecule has 0 radical (unpaired) electrons. The molecule has 0 fully saturated rings. The molecule has 3 N–H and O–H groups in total. The van der Waals surface area contributed by atoms with Gasteiger partial charge in [0.2, 0.25) is 5.91 Å². The molecule has 0 aromatic heterocycles. The fourth-order valence-corrected chi connectivity index (χ4v) is 4.43. The quantitative estimate of drug-likeness (QED) is 0.270. The summed E-state index contributed by atoms with van der Waals surface area (Å²) in [5.41, 5.74) is 0.800. The van der Waals surface area contributed by atoms with Gasteiger partial charge in [-0.05, 0) is 48.5 Å². The molecular weight excluding hydrogens is 503 g/mol. The van der Waals surface area contributed by atoms with Crippen molar-refractivity contribution < 1.29 is 27.4 Å². The highest BCUT2D eigenvalue weighted by Crippen LogP contribution is 2.33. The fraction of sp³-hybridized carbons (Fsp3) is 0.519. The minimum absolute atomic E-state index is 0.0132. The van der Waals surface area contributed by atoms with E-state index < -0.39 is 24.2 Å². The van der Waals surface area contributed by atoms with Crippen LogP contribution in [0, 0.1) is 5.92 Å². The summed E-state index contributed by atoms with van der Waals surface area (Å²) in [6.07, 6.45) is -1.67. The van der Waals surface area contributed by atoms with Gasteiger partial charge in [0.05, 0.1) is 25.9 Å². The number of amides is 1. The van der Waals surface area contributed by atoms with Crippen molar-refractivity contribution in [3.63, 3.8) is 0 Å². The molecule has 2 rings (SSSR count). The largest absolute Gasteiger partial charge is 0.497 e. The molecule has 0 spiro atoms. The summed E-state index contributed by atoms with van der Waals surface area (Å²) >= 11 is 1.64. The summed E-state index contributed by atoms with van der Waals surface area (Å²) in [5.74, 6) is 1.58. The number of ether oxygens (including phenoxy) is 2. The maximum atomic E-state index is 14.0. The molecule has 1 unspecified atom stereocenters. The van der Waals surface area contributed by atoms with Crippen LogP contribution in [-0.2, 0) is 4.79 Å². The van der Waals surface area contributed by atoms with E-state index in [1.807, 2.05) is 26.2 Å². The molecule has 37 heavy (non-hydrogen) atoms. The molecule has 0 aliphatic heterocycles. The highest BCUT2D eigenvalue weighted by molar-refractivity contribution is 7.98. The topological polar surface area (TPSA) is 71.6 Å². The van der Waals surface area contributed by atoms with Crippen molar-refractivity contribution in [2.45, 2.75) is 51.0 Å². The van der Waals surface area contributed by atoms with Gasteiger partial charge in [0, 0.05) is 18.7 Å². The number of methoxy groups -OCH3 is 2. The molecule has 0 aliphatic rings. The SMILES string of the molecule is COc1ccc(NC[C@H](CCSC)NC(=O)C(CC(C)C)N[C@@H](c2ccccc2)C(F)(F)F)c(OC)c1. The molecule has 206 valence electrons. The van der Waals surface area contributed by atoms with Crippen LogP contribution in [0.3, 0.4) is 0 Å². The lowest BCUT2D eigenvalue weighted by molar-refractivity contribution is -0.161. The second kappa shape index (κ2) is 15.0. The lowest BCUT2D eigenvalue weighted by Crippen LogP contribution is -2.52. The van der Waals surface area contributed by atoms with Crippen LogP contribution in [0.4, 0.5) is 18.9 Å².